The number of hydrogen-bond acceptors (Lipinski definition) is 4. The highest BCUT2D eigenvalue weighted by Gasteiger charge is 2.40. The second-order valence-electron chi connectivity index (χ2n) is 6.82. The van der Waals surface area contributed by atoms with E-state index < -0.39 is 5.79 Å². The molecule has 0 radical (unpaired) electrons. The van der Waals surface area contributed by atoms with E-state index in [4.69, 9.17) is 14.2 Å². The van der Waals surface area contributed by atoms with Crippen LogP contribution in [0.15, 0.2) is 54.6 Å². The Bertz CT molecular complexity index is 765. The quantitative estimate of drug-likeness (QED) is 0.897. The van der Waals surface area contributed by atoms with Crippen LogP contribution in [0.25, 0.3) is 0 Å². The Morgan fingerprint density at radius 3 is 2.44 bits per heavy atom. The highest BCUT2D eigenvalue weighted by molar-refractivity contribution is 5.74. The molecule has 2 aliphatic heterocycles. The lowest BCUT2D eigenvalue weighted by Crippen LogP contribution is -2.50. The fraction of sp³-hybridized carbons (Fsp3) is 0.381. The maximum atomic E-state index is 12.5. The minimum atomic E-state index is -0.458. The molecular weight excluding hydrogens is 344 g/mol. The number of para-hydroxylation sites is 1. The molecule has 1 N–H and O–H groups in total. The van der Waals surface area contributed by atoms with Crippen LogP contribution in [0.5, 0.6) is 11.5 Å². The number of carbonyl (C=O) groups is 1. The van der Waals surface area contributed by atoms with E-state index >= 15 is 0 Å². The molecule has 27 heavy (non-hydrogen) atoms. The van der Waals surface area contributed by atoms with Crippen molar-refractivity contribution in [1.82, 2.24) is 10.2 Å². The van der Waals surface area contributed by atoms with Gasteiger partial charge in [-0.05, 0) is 29.8 Å². The van der Waals surface area contributed by atoms with Crippen molar-refractivity contribution in [1.29, 1.82) is 0 Å². The predicted molar refractivity (Wildman–Crippen MR) is 101 cm³/mol. The van der Waals surface area contributed by atoms with Crippen LogP contribution in [0.4, 0.5) is 4.79 Å². The minimum Gasteiger partial charge on any atom is -0.457 e. The highest BCUT2D eigenvalue weighted by atomic mass is 16.7. The summed E-state index contributed by atoms with van der Waals surface area (Å²) in [6.45, 7) is 3.03. The first kappa shape index (κ1) is 17.8. The number of rotatable bonds is 4. The lowest BCUT2D eigenvalue weighted by atomic mass is 10.0. The number of nitrogens with one attached hydrogen (secondary N) is 1. The Hall–Kier alpha value is -2.57. The number of urea groups is 1. The van der Waals surface area contributed by atoms with Gasteiger partial charge in [-0.15, -0.1) is 0 Å². The molecule has 6 nitrogen and oxygen atoms in total. The van der Waals surface area contributed by atoms with Crippen LogP contribution in [0.1, 0.15) is 18.4 Å². The summed E-state index contributed by atoms with van der Waals surface area (Å²) in [7, 11) is 0. The van der Waals surface area contributed by atoms with Gasteiger partial charge in [-0.2, -0.15) is 0 Å². The van der Waals surface area contributed by atoms with Crippen molar-refractivity contribution in [2.45, 2.75) is 25.2 Å². The van der Waals surface area contributed by atoms with Crippen molar-refractivity contribution in [2.24, 2.45) is 0 Å². The van der Waals surface area contributed by atoms with Crippen molar-refractivity contribution in [3.8, 4) is 11.5 Å². The lowest BCUT2D eigenvalue weighted by Gasteiger charge is -2.37. The highest BCUT2D eigenvalue weighted by Crippen LogP contribution is 2.31. The van der Waals surface area contributed by atoms with E-state index in [0.29, 0.717) is 32.8 Å². The van der Waals surface area contributed by atoms with Gasteiger partial charge in [0.2, 0.25) is 0 Å². The molecule has 6 heteroatoms. The Kier molecular flexibility index (Phi) is 5.27. The largest absolute Gasteiger partial charge is 0.457 e. The Labute approximate surface area is 159 Å². The van der Waals surface area contributed by atoms with E-state index in [2.05, 4.69) is 5.32 Å². The van der Waals surface area contributed by atoms with Crippen molar-refractivity contribution in [2.75, 3.05) is 26.3 Å². The number of carbonyl (C=O) groups excluding carboxylic acids is 1. The van der Waals surface area contributed by atoms with Gasteiger partial charge < -0.3 is 24.4 Å². The Balaban J connectivity index is 1.28. The van der Waals surface area contributed by atoms with Gasteiger partial charge in [-0.3, -0.25) is 0 Å². The molecule has 2 fully saturated rings. The Morgan fingerprint density at radius 2 is 1.70 bits per heavy atom. The number of likely N-dealkylation sites (tertiary alicyclic amines) is 1. The number of nitrogens with zero attached hydrogens (tertiary/aromatic N) is 1. The standard InChI is InChI=1S/C21H24N2O4/c24-20(23-11-9-21(10-12-23)25-13-14-26-21)22-16-17-5-4-8-19(15-17)27-18-6-2-1-3-7-18/h1-8,15H,9-14,16H2,(H,22,24). The van der Waals surface area contributed by atoms with E-state index in [1.807, 2.05) is 59.5 Å². The van der Waals surface area contributed by atoms with Crippen molar-refractivity contribution in [3.05, 3.63) is 60.2 Å². The molecule has 2 aliphatic rings. The van der Waals surface area contributed by atoms with Gasteiger partial charge in [0.15, 0.2) is 5.79 Å². The van der Waals surface area contributed by atoms with E-state index in [0.717, 1.165) is 29.9 Å². The predicted octanol–water partition coefficient (Wildman–Crippen LogP) is 3.53. The monoisotopic (exact) mass is 368 g/mol. The normalized spacial score (nSPS) is 18.4. The van der Waals surface area contributed by atoms with Crippen LogP contribution in [0.3, 0.4) is 0 Å². The maximum Gasteiger partial charge on any atom is 0.317 e. The Morgan fingerprint density at radius 1 is 1.00 bits per heavy atom. The molecule has 0 saturated carbocycles. The zero-order chi connectivity index (χ0) is 18.5. The molecule has 0 unspecified atom stereocenters. The van der Waals surface area contributed by atoms with Crippen LogP contribution in [-0.2, 0) is 16.0 Å². The average Bonchev–Trinajstić information content (AvgIpc) is 3.16. The van der Waals surface area contributed by atoms with E-state index in [9.17, 15) is 4.79 Å². The van der Waals surface area contributed by atoms with Gasteiger partial charge >= 0.3 is 6.03 Å². The number of hydrogen-bond donors (Lipinski definition) is 1. The summed E-state index contributed by atoms with van der Waals surface area (Å²) >= 11 is 0. The molecule has 0 atom stereocenters. The molecule has 2 heterocycles. The van der Waals surface area contributed by atoms with Crippen molar-refractivity contribution in [3.63, 3.8) is 0 Å². The second-order valence-corrected chi connectivity index (χ2v) is 6.82. The van der Waals surface area contributed by atoms with E-state index in [1.165, 1.54) is 0 Å². The van der Waals surface area contributed by atoms with Crippen molar-refractivity contribution >= 4 is 6.03 Å². The number of piperidine rings is 1. The van der Waals surface area contributed by atoms with Crippen molar-refractivity contribution < 1.29 is 19.0 Å². The molecule has 2 amide bonds. The summed E-state index contributed by atoms with van der Waals surface area (Å²) < 4.78 is 17.3. The zero-order valence-electron chi connectivity index (χ0n) is 15.2. The molecule has 2 aromatic carbocycles. The number of benzene rings is 2. The molecule has 4 rings (SSSR count). The molecule has 1 spiro atoms. The maximum absolute atomic E-state index is 12.5. The fourth-order valence-corrected chi connectivity index (χ4v) is 3.47. The average molecular weight is 368 g/mol. The second kappa shape index (κ2) is 7.98. The van der Waals surface area contributed by atoms with Gasteiger partial charge in [0.25, 0.3) is 0 Å². The molecule has 142 valence electrons. The van der Waals surface area contributed by atoms with Gasteiger partial charge in [0.1, 0.15) is 11.5 Å². The van der Waals surface area contributed by atoms with Gasteiger partial charge in [-0.25, -0.2) is 4.79 Å². The SMILES string of the molecule is O=C(NCc1cccc(Oc2ccccc2)c1)N1CCC2(CC1)OCCO2. The number of amides is 2. The summed E-state index contributed by atoms with van der Waals surface area (Å²) in [4.78, 5) is 14.3. The first-order valence-electron chi connectivity index (χ1n) is 9.35. The van der Waals surface area contributed by atoms with E-state index in [-0.39, 0.29) is 6.03 Å². The summed E-state index contributed by atoms with van der Waals surface area (Å²) in [5, 5.41) is 2.99. The van der Waals surface area contributed by atoms with Crippen LogP contribution in [-0.4, -0.2) is 43.0 Å². The first-order valence-corrected chi connectivity index (χ1v) is 9.35. The summed E-state index contributed by atoms with van der Waals surface area (Å²) in [5.41, 5.74) is 0.993. The molecule has 0 aliphatic carbocycles. The third-order valence-corrected chi connectivity index (χ3v) is 4.95. The molecule has 0 bridgehead atoms. The lowest BCUT2D eigenvalue weighted by molar-refractivity contribution is -0.181. The molecule has 2 aromatic rings. The smallest absolute Gasteiger partial charge is 0.317 e. The third kappa shape index (κ3) is 4.40. The molecular formula is C21H24N2O4. The fourth-order valence-electron chi connectivity index (χ4n) is 3.47. The van der Waals surface area contributed by atoms with Gasteiger partial charge in [-0.1, -0.05) is 30.3 Å². The van der Waals surface area contributed by atoms with E-state index in [1.54, 1.807) is 0 Å². The third-order valence-electron chi connectivity index (χ3n) is 4.95. The molecule has 2 saturated heterocycles. The van der Waals surface area contributed by atoms with Crippen LogP contribution in [0, 0.1) is 0 Å². The van der Waals surface area contributed by atoms with Gasteiger partial charge in [0, 0.05) is 32.5 Å². The number of ether oxygens (including phenoxy) is 3. The summed E-state index contributed by atoms with van der Waals surface area (Å²) in [5.74, 6) is 1.08. The minimum absolute atomic E-state index is 0.0581. The van der Waals surface area contributed by atoms with Crippen LogP contribution >= 0.6 is 0 Å². The first-order chi connectivity index (χ1) is 13.2. The van der Waals surface area contributed by atoms with Crippen LogP contribution < -0.4 is 10.1 Å². The van der Waals surface area contributed by atoms with Gasteiger partial charge in [0.05, 0.1) is 13.2 Å². The summed E-state index contributed by atoms with van der Waals surface area (Å²) in [6.07, 6.45) is 1.45. The summed E-state index contributed by atoms with van der Waals surface area (Å²) in [6, 6.07) is 17.3. The molecule has 0 aromatic heterocycles. The van der Waals surface area contributed by atoms with Crippen LogP contribution in [0.2, 0.25) is 0 Å². The zero-order valence-corrected chi connectivity index (χ0v) is 15.2. The topological polar surface area (TPSA) is 60.0 Å².